The average molecular weight is 382 g/mol. The molecule has 0 radical (unpaired) electrons. The van der Waals surface area contributed by atoms with E-state index in [1.165, 1.54) is 11.0 Å². The van der Waals surface area contributed by atoms with Gasteiger partial charge in [0.1, 0.15) is 0 Å². The summed E-state index contributed by atoms with van der Waals surface area (Å²) in [5, 5.41) is 0.613. The second-order valence-corrected chi connectivity index (χ2v) is 7.18. The number of ether oxygens (including phenoxy) is 2. The van der Waals surface area contributed by atoms with Gasteiger partial charge in [-0.05, 0) is 61.3 Å². The van der Waals surface area contributed by atoms with E-state index >= 15 is 0 Å². The topological polar surface area (TPSA) is 56.2 Å². The van der Waals surface area contributed by atoms with Gasteiger partial charge in [-0.1, -0.05) is 24.3 Å². The first-order valence-corrected chi connectivity index (χ1v) is 9.66. The molecule has 140 valence electrons. The lowest BCUT2D eigenvalue weighted by molar-refractivity contribution is -0.0447. The summed E-state index contributed by atoms with van der Waals surface area (Å²) in [4.78, 5) is 16.0. The SMILES string of the molecule is O=c1c2ccccc2[nH]c(=S)n1-c1cccc(COCC2CCCCO2)c1. The second kappa shape index (κ2) is 8.17. The monoisotopic (exact) mass is 382 g/mol. The molecule has 4 rings (SSSR count). The van der Waals surface area contributed by atoms with Crippen LogP contribution < -0.4 is 5.56 Å². The van der Waals surface area contributed by atoms with Gasteiger partial charge in [-0.25, -0.2) is 0 Å². The van der Waals surface area contributed by atoms with Crippen molar-refractivity contribution in [3.63, 3.8) is 0 Å². The van der Waals surface area contributed by atoms with E-state index in [2.05, 4.69) is 4.98 Å². The molecule has 1 saturated heterocycles. The van der Waals surface area contributed by atoms with Gasteiger partial charge in [-0.2, -0.15) is 0 Å². The van der Waals surface area contributed by atoms with Crippen molar-refractivity contribution in [3.05, 3.63) is 69.2 Å². The summed E-state index contributed by atoms with van der Waals surface area (Å²) in [6, 6.07) is 15.1. The largest absolute Gasteiger partial charge is 0.376 e. The molecule has 1 N–H and O–H groups in total. The Balaban J connectivity index is 1.56. The third-order valence-corrected chi connectivity index (χ3v) is 5.11. The Hall–Kier alpha value is -2.28. The Morgan fingerprint density at radius 1 is 1.19 bits per heavy atom. The maximum absolute atomic E-state index is 12.9. The summed E-state index contributed by atoms with van der Waals surface area (Å²) in [5.74, 6) is 0. The van der Waals surface area contributed by atoms with Crippen molar-refractivity contribution in [3.8, 4) is 5.69 Å². The van der Waals surface area contributed by atoms with E-state index in [0.29, 0.717) is 23.4 Å². The van der Waals surface area contributed by atoms with Gasteiger partial charge in [0.2, 0.25) is 0 Å². The Bertz CT molecular complexity index is 1050. The Labute approximate surface area is 162 Å². The van der Waals surface area contributed by atoms with Crippen LogP contribution in [-0.2, 0) is 16.1 Å². The fraction of sp³-hybridized carbons (Fsp3) is 0.333. The average Bonchev–Trinajstić information content (AvgIpc) is 2.69. The quantitative estimate of drug-likeness (QED) is 0.674. The van der Waals surface area contributed by atoms with Gasteiger partial charge < -0.3 is 14.5 Å². The van der Waals surface area contributed by atoms with Crippen molar-refractivity contribution < 1.29 is 9.47 Å². The van der Waals surface area contributed by atoms with Crippen LogP contribution in [0.15, 0.2) is 53.3 Å². The number of hydrogen-bond acceptors (Lipinski definition) is 4. The number of benzene rings is 2. The van der Waals surface area contributed by atoms with Crippen LogP contribution in [0.25, 0.3) is 16.6 Å². The zero-order valence-electron chi connectivity index (χ0n) is 15.0. The summed E-state index contributed by atoms with van der Waals surface area (Å²) >= 11 is 5.42. The molecular formula is C21H22N2O3S. The van der Waals surface area contributed by atoms with Crippen molar-refractivity contribution in [2.24, 2.45) is 0 Å². The Morgan fingerprint density at radius 2 is 2.07 bits per heavy atom. The maximum Gasteiger partial charge on any atom is 0.266 e. The summed E-state index contributed by atoms with van der Waals surface area (Å²) in [6.45, 7) is 1.90. The lowest BCUT2D eigenvalue weighted by Gasteiger charge is -2.22. The van der Waals surface area contributed by atoms with Crippen LogP contribution in [0.2, 0.25) is 0 Å². The first-order valence-electron chi connectivity index (χ1n) is 9.25. The number of nitrogens with one attached hydrogen (secondary N) is 1. The van der Waals surface area contributed by atoms with Crippen LogP contribution >= 0.6 is 12.2 Å². The highest BCUT2D eigenvalue weighted by atomic mass is 32.1. The van der Waals surface area contributed by atoms with E-state index in [4.69, 9.17) is 21.7 Å². The zero-order valence-corrected chi connectivity index (χ0v) is 15.8. The maximum atomic E-state index is 12.9. The molecule has 0 amide bonds. The van der Waals surface area contributed by atoms with E-state index < -0.39 is 0 Å². The highest BCUT2D eigenvalue weighted by Crippen LogP contribution is 2.16. The fourth-order valence-corrected chi connectivity index (χ4v) is 3.73. The molecule has 1 atom stereocenters. The summed E-state index contributed by atoms with van der Waals surface area (Å²) < 4.78 is 13.4. The van der Waals surface area contributed by atoms with Crippen LogP contribution in [0.1, 0.15) is 24.8 Å². The smallest absolute Gasteiger partial charge is 0.266 e. The molecule has 0 saturated carbocycles. The number of nitrogens with zero attached hydrogens (tertiary/aromatic N) is 1. The van der Waals surface area contributed by atoms with Gasteiger partial charge in [-0.15, -0.1) is 0 Å². The number of rotatable bonds is 5. The van der Waals surface area contributed by atoms with Crippen LogP contribution in [0.3, 0.4) is 0 Å². The number of aromatic amines is 1. The standard InChI is InChI=1S/C21H22N2O3S/c24-20-18-9-1-2-10-19(18)22-21(27)23(20)16-7-5-6-15(12-16)13-25-14-17-8-3-4-11-26-17/h1-2,5-7,9-10,12,17H,3-4,8,11,13-14H2,(H,22,27). The first-order chi connectivity index (χ1) is 13.2. The minimum absolute atomic E-state index is 0.122. The van der Waals surface area contributed by atoms with Gasteiger partial charge in [0, 0.05) is 6.61 Å². The summed E-state index contributed by atoms with van der Waals surface area (Å²) in [6.07, 6.45) is 3.59. The molecule has 1 aliphatic heterocycles. The zero-order chi connectivity index (χ0) is 18.6. The van der Waals surface area contributed by atoms with Crippen molar-refractivity contribution in [1.82, 2.24) is 9.55 Å². The van der Waals surface area contributed by atoms with Crippen LogP contribution in [-0.4, -0.2) is 28.9 Å². The first kappa shape index (κ1) is 18.1. The van der Waals surface area contributed by atoms with Crippen molar-refractivity contribution >= 4 is 23.1 Å². The molecule has 0 spiro atoms. The molecule has 2 heterocycles. The molecule has 3 aromatic rings. The Kier molecular flexibility index (Phi) is 5.48. The third kappa shape index (κ3) is 4.03. The summed E-state index contributed by atoms with van der Waals surface area (Å²) in [7, 11) is 0. The molecule has 27 heavy (non-hydrogen) atoms. The third-order valence-electron chi connectivity index (χ3n) is 4.82. The van der Waals surface area contributed by atoms with Gasteiger partial charge >= 0.3 is 0 Å². The van der Waals surface area contributed by atoms with Crippen molar-refractivity contribution in [1.29, 1.82) is 0 Å². The van der Waals surface area contributed by atoms with E-state index in [9.17, 15) is 4.79 Å². The molecule has 1 aliphatic rings. The molecule has 1 fully saturated rings. The lowest BCUT2D eigenvalue weighted by Crippen LogP contribution is -2.24. The molecule has 2 aromatic carbocycles. The minimum Gasteiger partial charge on any atom is -0.376 e. The van der Waals surface area contributed by atoms with Crippen LogP contribution in [0.5, 0.6) is 0 Å². The molecule has 0 aliphatic carbocycles. The van der Waals surface area contributed by atoms with E-state index in [1.807, 2.05) is 42.5 Å². The number of hydrogen-bond donors (Lipinski definition) is 1. The van der Waals surface area contributed by atoms with Gasteiger partial charge in [0.25, 0.3) is 5.56 Å². The number of H-pyrrole nitrogens is 1. The molecule has 6 heteroatoms. The number of aromatic nitrogens is 2. The van der Waals surface area contributed by atoms with E-state index in [-0.39, 0.29) is 11.7 Å². The van der Waals surface area contributed by atoms with Crippen molar-refractivity contribution in [2.75, 3.05) is 13.2 Å². The molecule has 1 aromatic heterocycles. The molecule has 0 bridgehead atoms. The molecular weight excluding hydrogens is 360 g/mol. The second-order valence-electron chi connectivity index (χ2n) is 6.79. The number of fused-ring (bicyclic) bond motifs is 1. The van der Waals surface area contributed by atoms with E-state index in [1.54, 1.807) is 6.07 Å². The normalized spacial score (nSPS) is 17.3. The predicted octanol–water partition coefficient (Wildman–Crippen LogP) is 4.13. The summed E-state index contributed by atoms with van der Waals surface area (Å²) in [5.41, 5.74) is 2.36. The highest BCUT2D eigenvalue weighted by Gasteiger charge is 2.14. The highest BCUT2D eigenvalue weighted by molar-refractivity contribution is 7.71. The minimum atomic E-state index is -0.122. The van der Waals surface area contributed by atoms with Gasteiger partial charge in [0.05, 0.1) is 35.9 Å². The van der Waals surface area contributed by atoms with Crippen LogP contribution in [0.4, 0.5) is 0 Å². The van der Waals surface area contributed by atoms with Crippen molar-refractivity contribution in [2.45, 2.75) is 32.0 Å². The molecule has 1 unspecified atom stereocenters. The van der Waals surface area contributed by atoms with Gasteiger partial charge in [-0.3, -0.25) is 9.36 Å². The lowest BCUT2D eigenvalue weighted by atomic mass is 10.1. The van der Waals surface area contributed by atoms with Gasteiger partial charge in [0.15, 0.2) is 4.77 Å². The fourth-order valence-electron chi connectivity index (χ4n) is 3.43. The Morgan fingerprint density at radius 3 is 2.93 bits per heavy atom. The number of para-hydroxylation sites is 1. The predicted molar refractivity (Wildman–Crippen MR) is 108 cm³/mol. The van der Waals surface area contributed by atoms with Crippen LogP contribution in [0, 0.1) is 4.77 Å². The molecule has 5 nitrogen and oxygen atoms in total. The van der Waals surface area contributed by atoms with E-state index in [0.717, 1.165) is 36.2 Å².